The molecule has 1 aromatic heterocycles. The number of hydrogen-bond acceptors (Lipinski definition) is 4. The van der Waals surface area contributed by atoms with E-state index < -0.39 is 5.91 Å². The van der Waals surface area contributed by atoms with E-state index in [1.54, 1.807) is 42.6 Å². The van der Waals surface area contributed by atoms with Crippen LogP contribution in [0.3, 0.4) is 0 Å². The van der Waals surface area contributed by atoms with Crippen molar-refractivity contribution in [2.45, 2.75) is 6.92 Å². The molecule has 1 heterocycles. The van der Waals surface area contributed by atoms with Crippen molar-refractivity contribution >= 4 is 29.0 Å². The largest absolute Gasteiger partial charge is 0.345 e. The number of rotatable bonds is 4. The van der Waals surface area contributed by atoms with Crippen LogP contribution in [0.2, 0.25) is 5.02 Å². The molecular weight excluding hydrogens is 300 g/mol. The van der Waals surface area contributed by atoms with Crippen LogP contribution in [-0.2, 0) is 4.79 Å². The van der Waals surface area contributed by atoms with Crippen molar-refractivity contribution in [3.05, 3.63) is 65.0 Å². The molecule has 0 aliphatic rings. The van der Waals surface area contributed by atoms with E-state index in [1.165, 1.54) is 6.20 Å². The summed E-state index contributed by atoms with van der Waals surface area (Å²) in [4.78, 5) is 16.1. The Bertz CT molecular complexity index is 750. The lowest BCUT2D eigenvalue weighted by Gasteiger charge is -2.06. The van der Waals surface area contributed by atoms with Crippen molar-refractivity contribution in [3.63, 3.8) is 0 Å². The molecule has 1 amide bonds. The van der Waals surface area contributed by atoms with E-state index in [-0.39, 0.29) is 5.57 Å². The predicted octanol–water partition coefficient (Wildman–Crippen LogP) is 3.50. The maximum atomic E-state index is 12.1. The summed E-state index contributed by atoms with van der Waals surface area (Å²) in [5.41, 5.74) is 1.37. The Morgan fingerprint density at radius 2 is 2.18 bits per heavy atom. The quantitative estimate of drug-likeness (QED) is 0.669. The van der Waals surface area contributed by atoms with E-state index >= 15 is 0 Å². The average Bonchev–Trinajstić information content (AvgIpc) is 2.52. The number of nitriles is 1. The van der Waals surface area contributed by atoms with E-state index in [1.807, 2.05) is 13.0 Å². The Morgan fingerprint density at radius 1 is 1.36 bits per heavy atom. The molecule has 0 unspecified atom stereocenters. The summed E-state index contributed by atoms with van der Waals surface area (Å²) in [6.45, 7) is 1.87. The highest BCUT2D eigenvalue weighted by molar-refractivity contribution is 6.31. The van der Waals surface area contributed by atoms with Crippen LogP contribution in [0.5, 0.6) is 0 Å². The Labute approximate surface area is 133 Å². The van der Waals surface area contributed by atoms with Gasteiger partial charge < -0.3 is 10.6 Å². The minimum Gasteiger partial charge on any atom is -0.345 e. The zero-order chi connectivity index (χ0) is 15.9. The third kappa shape index (κ3) is 4.08. The number of carbonyl (C=O) groups is 1. The fourth-order valence-electron chi connectivity index (χ4n) is 1.61. The first-order valence-corrected chi connectivity index (χ1v) is 6.83. The number of aromatic nitrogens is 1. The Kier molecular flexibility index (Phi) is 5.12. The van der Waals surface area contributed by atoms with Gasteiger partial charge in [0.15, 0.2) is 0 Å². The molecule has 1 aromatic carbocycles. The second-order valence-electron chi connectivity index (χ2n) is 4.45. The predicted molar refractivity (Wildman–Crippen MR) is 86.4 cm³/mol. The molecule has 0 radical (unpaired) electrons. The molecule has 0 spiro atoms. The minimum atomic E-state index is -0.522. The minimum absolute atomic E-state index is 0.0673. The highest BCUT2D eigenvalue weighted by Gasteiger charge is 2.10. The second kappa shape index (κ2) is 7.25. The molecule has 0 atom stereocenters. The summed E-state index contributed by atoms with van der Waals surface area (Å²) < 4.78 is 0. The van der Waals surface area contributed by atoms with Crippen LogP contribution in [0.4, 0.5) is 11.5 Å². The third-order valence-corrected chi connectivity index (χ3v) is 3.23. The number of nitrogens with one attached hydrogen (secondary N) is 2. The Hall–Kier alpha value is -2.84. The summed E-state index contributed by atoms with van der Waals surface area (Å²) in [5.74, 6) is 0.0206. The van der Waals surface area contributed by atoms with Crippen molar-refractivity contribution in [1.82, 2.24) is 4.98 Å². The van der Waals surface area contributed by atoms with Gasteiger partial charge in [-0.3, -0.25) is 4.79 Å². The molecule has 22 heavy (non-hydrogen) atoms. The molecule has 5 nitrogen and oxygen atoms in total. The smallest absolute Gasteiger partial charge is 0.267 e. The summed E-state index contributed by atoms with van der Waals surface area (Å²) in [5, 5.41) is 15.1. The van der Waals surface area contributed by atoms with Gasteiger partial charge in [0.25, 0.3) is 5.91 Å². The van der Waals surface area contributed by atoms with Crippen molar-refractivity contribution in [3.8, 4) is 6.07 Å². The number of nitrogens with zero attached hydrogens (tertiary/aromatic N) is 2. The van der Waals surface area contributed by atoms with Gasteiger partial charge in [0.1, 0.15) is 17.5 Å². The SMILES string of the molecule is Cc1ccc(NC(=O)/C(C#N)=C\Nc2ccccn2)cc1Cl. The Morgan fingerprint density at radius 3 is 2.82 bits per heavy atom. The van der Waals surface area contributed by atoms with Crippen LogP contribution >= 0.6 is 11.6 Å². The van der Waals surface area contributed by atoms with Gasteiger partial charge in [-0.1, -0.05) is 23.7 Å². The molecule has 0 saturated heterocycles. The molecule has 0 aliphatic heterocycles. The summed E-state index contributed by atoms with van der Waals surface area (Å²) >= 11 is 6.00. The topological polar surface area (TPSA) is 77.8 Å². The molecule has 2 rings (SSSR count). The average molecular weight is 313 g/mol. The lowest BCUT2D eigenvalue weighted by Crippen LogP contribution is -2.14. The van der Waals surface area contributed by atoms with Crippen LogP contribution in [0.15, 0.2) is 54.4 Å². The zero-order valence-electron chi connectivity index (χ0n) is 11.8. The maximum absolute atomic E-state index is 12.1. The normalized spacial score (nSPS) is 10.7. The van der Waals surface area contributed by atoms with Crippen molar-refractivity contribution in [2.24, 2.45) is 0 Å². The van der Waals surface area contributed by atoms with E-state index in [0.29, 0.717) is 16.5 Å². The number of carbonyl (C=O) groups excluding carboxylic acids is 1. The number of benzene rings is 1. The lowest BCUT2D eigenvalue weighted by molar-refractivity contribution is -0.112. The fourth-order valence-corrected chi connectivity index (χ4v) is 1.79. The highest BCUT2D eigenvalue weighted by Crippen LogP contribution is 2.20. The van der Waals surface area contributed by atoms with Crippen molar-refractivity contribution in [2.75, 3.05) is 10.6 Å². The lowest BCUT2D eigenvalue weighted by atomic mass is 10.2. The molecule has 0 aliphatic carbocycles. The number of hydrogen-bond donors (Lipinski definition) is 2. The molecule has 0 saturated carbocycles. The van der Waals surface area contributed by atoms with Gasteiger partial charge in [0, 0.05) is 23.1 Å². The van der Waals surface area contributed by atoms with Crippen molar-refractivity contribution < 1.29 is 4.79 Å². The van der Waals surface area contributed by atoms with Gasteiger partial charge in [-0.2, -0.15) is 5.26 Å². The summed E-state index contributed by atoms with van der Waals surface area (Å²) in [7, 11) is 0. The van der Waals surface area contributed by atoms with E-state index in [4.69, 9.17) is 16.9 Å². The van der Waals surface area contributed by atoms with Crippen LogP contribution in [0, 0.1) is 18.3 Å². The number of halogens is 1. The first-order chi connectivity index (χ1) is 10.6. The number of amides is 1. The van der Waals surface area contributed by atoms with E-state index in [9.17, 15) is 4.79 Å². The second-order valence-corrected chi connectivity index (χ2v) is 4.85. The van der Waals surface area contributed by atoms with Gasteiger partial charge in [0.2, 0.25) is 0 Å². The van der Waals surface area contributed by atoms with Crippen LogP contribution in [0.1, 0.15) is 5.56 Å². The molecule has 110 valence electrons. The van der Waals surface area contributed by atoms with Crippen molar-refractivity contribution in [1.29, 1.82) is 5.26 Å². The van der Waals surface area contributed by atoms with Crippen LogP contribution in [-0.4, -0.2) is 10.9 Å². The number of pyridine rings is 1. The van der Waals surface area contributed by atoms with E-state index in [0.717, 1.165) is 5.56 Å². The molecule has 2 N–H and O–H groups in total. The Balaban J connectivity index is 2.08. The molecule has 2 aromatic rings. The first kappa shape index (κ1) is 15.5. The monoisotopic (exact) mass is 312 g/mol. The standard InChI is InChI=1S/C16H13ClN4O/c1-11-5-6-13(8-14(11)17)21-16(22)12(9-18)10-20-15-4-2-3-7-19-15/h2-8,10H,1H3,(H,19,20)(H,21,22)/b12-10-. The summed E-state index contributed by atoms with van der Waals surface area (Å²) in [6, 6.07) is 12.3. The number of aryl methyl sites for hydroxylation is 1. The first-order valence-electron chi connectivity index (χ1n) is 6.45. The molecular formula is C16H13ClN4O. The zero-order valence-corrected chi connectivity index (χ0v) is 12.6. The van der Waals surface area contributed by atoms with E-state index in [2.05, 4.69) is 15.6 Å². The fraction of sp³-hybridized carbons (Fsp3) is 0.0625. The van der Waals surface area contributed by atoms with Gasteiger partial charge in [-0.05, 0) is 36.8 Å². The summed E-state index contributed by atoms with van der Waals surface area (Å²) in [6.07, 6.45) is 2.92. The third-order valence-electron chi connectivity index (χ3n) is 2.82. The van der Waals surface area contributed by atoms with Gasteiger partial charge in [0.05, 0.1) is 0 Å². The number of anilines is 2. The molecule has 0 fully saturated rings. The van der Waals surface area contributed by atoms with Gasteiger partial charge >= 0.3 is 0 Å². The molecule has 0 bridgehead atoms. The maximum Gasteiger partial charge on any atom is 0.267 e. The molecule has 6 heteroatoms. The van der Waals surface area contributed by atoms with Gasteiger partial charge in [-0.15, -0.1) is 0 Å². The van der Waals surface area contributed by atoms with Crippen LogP contribution in [0.25, 0.3) is 0 Å². The highest BCUT2D eigenvalue weighted by atomic mass is 35.5. The van der Waals surface area contributed by atoms with Gasteiger partial charge in [-0.25, -0.2) is 4.98 Å². The van der Waals surface area contributed by atoms with Crippen LogP contribution < -0.4 is 10.6 Å².